The van der Waals surface area contributed by atoms with E-state index in [0.29, 0.717) is 19.7 Å². The number of benzene rings is 1. The van der Waals surface area contributed by atoms with Crippen LogP contribution in [-0.2, 0) is 14.3 Å². The molecule has 1 N–H and O–H groups in total. The minimum atomic E-state index is -0.110. The summed E-state index contributed by atoms with van der Waals surface area (Å²) < 4.78 is 4.91. The van der Waals surface area contributed by atoms with Crippen LogP contribution in [0.25, 0.3) is 0 Å². The molecule has 23 heavy (non-hydrogen) atoms. The quantitative estimate of drug-likeness (QED) is 0.740. The molecule has 0 fully saturated rings. The monoisotopic (exact) mass is 317 g/mol. The molecule has 124 valence electrons. The number of hydrogen-bond donors (Lipinski definition) is 1. The number of ether oxygens (including phenoxy) is 1. The molecule has 0 spiro atoms. The van der Waals surface area contributed by atoms with E-state index in [9.17, 15) is 9.59 Å². The van der Waals surface area contributed by atoms with Gasteiger partial charge in [0.25, 0.3) is 0 Å². The summed E-state index contributed by atoms with van der Waals surface area (Å²) in [5.41, 5.74) is 1.96. The molecule has 2 amide bonds. The van der Waals surface area contributed by atoms with Crippen LogP contribution in [0, 0.1) is 0 Å². The lowest BCUT2D eigenvalue weighted by atomic mass is 10.1. The van der Waals surface area contributed by atoms with E-state index >= 15 is 0 Å². The number of nitrogens with one attached hydrogen (secondary N) is 1. The molecule has 2 rings (SSSR count). The molecule has 0 saturated heterocycles. The van der Waals surface area contributed by atoms with E-state index in [2.05, 4.69) is 10.4 Å². The second-order valence-electron chi connectivity index (χ2n) is 5.38. The van der Waals surface area contributed by atoms with Crippen molar-refractivity contribution in [2.45, 2.75) is 25.7 Å². The van der Waals surface area contributed by atoms with Crippen LogP contribution >= 0.6 is 0 Å². The number of hydrazone groups is 1. The highest BCUT2D eigenvalue weighted by Gasteiger charge is 2.21. The predicted molar refractivity (Wildman–Crippen MR) is 88.0 cm³/mol. The second kappa shape index (κ2) is 9.05. The maximum Gasteiger partial charge on any atom is 0.243 e. The number of rotatable bonds is 8. The third-order valence-electron chi connectivity index (χ3n) is 3.61. The van der Waals surface area contributed by atoms with Gasteiger partial charge in [-0.2, -0.15) is 5.10 Å². The Balaban J connectivity index is 1.74. The zero-order valence-electron chi connectivity index (χ0n) is 13.5. The summed E-state index contributed by atoms with van der Waals surface area (Å²) in [5, 5.41) is 8.62. The Kier molecular flexibility index (Phi) is 6.75. The molecule has 1 aromatic rings. The maximum absolute atomic E-state index is 12.1. The van der Waals surface area contributed by atoms with Crippen LogP contribution < -0.4 is 5.32 Å². The van der Waals surface area contributed by atoms with E-state index in [1.807, 2.05) is 30.3 Å². The number of carbonyl (C=O) groups is 2. The van der Waals surface area contributed by atoms with E-state index in [-0.39, 0.29) is 24.7 Å². The predicted octanol–water partition coefficient (Wildman–Crippen LogP) is 1.56. The van der Waals surface area contributed by atoms with Gasteiger partial charge in [-0.1, -0.05) is 30.3 Å². The lowest BCUT2D eigenvalue weighted by molar-refractivity contribution is -0.133. The number of methoxy groups -OCH3 is 1. The van der Waals surface area contributed by atoms with E-state index in [4.69, 9.17) is 4.74 Å². The largest absolute Gasteiger partial charge is 0.385 e. The molecule has 6 nitrogen and oxygen atoms in total. The SMILES string of the molecule is COCCCNC(=O)CCC(=O)N1CCC(c2ccccc2)=N1. The zero-order valence-corrected chi connectivity index (χ0v) is 13.5. The van der Waals surface area contributed by atoms with E-state index in [1.54, 1.807) is 7.11 Å². The molecule has 6 heteroatoms. The highest BCUT2D eigenvalue weighted by molar-refractivity contribution is 6.02. The summed E-state index contributed by atoms with van der Waals surface area (Å²) in [7, 11) is 1.63. The van der Waals surface area contributed by atoms with Gasteiger partial charge in [0.2, 0.25) is 11.8 Å². The van der Waals surface area contributed by atoms with Crippen molar-refractivity contribution in [2.24, 2.45) is 5.10 Å². The Morgan fingerprint density at radius 1 is 1.26 bits per heavy atom. The maximum atomic E-state index is 12.1. The van der Waals surface area contributed by atoms with Gasteiger partial charge >= 0.3 is 0 Å². The van der Waals surface area contributed by atoms with Gasteiger partial charge in [0, 0.05) is 39.5 Å². The highest BCUT2D eigenvalue weighted by Crippen LogP contribution is 2.14. The second-order valence-corrected chi connectivity index (χ2v) is 5.38. The number of carbonyl (C=O) groups excluding carboxylic acids is 2. The Morgan fingerprint density at radius 2 is 2.04 bits per heavy atom. The Morgan fingerprint density at radius 3 is 2.78 bits per heavy atom. The normalized spacial score (nSPS) is 13.8. The average molecular weight is 317 g/mol. The molecule has 0 atom stereocenters. The van der Waals surface area contributed by atoms with Crippen molar-refractivity contribution in [3.05, 3.63) is 35.9 Å². The molecule has 1 heterocycles. The molecule has 1 aliphatic heterocycles. The Bertz CT molecular complexity index is 557. The summed E-state index contributed by atoms with van der Waals surface area (Å²) in [6, 6.07) is 9.83. The molecular weight excluding hydrogens is 294 g/mol. The van der Waals surface area contributed by atoms with Crippen molar-refractivity contribution in [3.8, 4) is 0 Å². The Labute approximate surface area is 136 Å². The zero-order chi connectivity index (χ0) is 16.5. The molecule has 1 aromatic carbocycles. The van der Waals surface area contributed by atoms with Gasteiger partial charge in [0.15, 0.2) is 0 Å². The van der Waals surface area contributed by atoms with Gasteiger partial charge in [0.1, 0.15) is 0 Å². The minimum Gasteiger partial charge on any atom is -0.385 e. The fraction of sp³-hybridized carbons (Fsp3) is 0.471. The van der Waals surface area contributed by atoms with Crippen molar-refractivity contribution >= 4 is 17.5 Å². The van der Waals surface area contributed by atoms with Crippen molar-refractivity contribution < 1.29 is 14.3 Å². The standard InChI is InChI=1S/C17H23N3O3/c1-23-13-5-11-18-16(21)8-9-17(22)20-12-10-15(19-20)14-6-3-2-4-7-14/h2-4,6-7H,5,8-13H2,1H3,(H,18,21). The molecule has 1 aliphatic rings. The number of nitrogens with zero attached hydrogens (tertiary/aromatic N) is 2. The minimum absolute atomic E-state index is 0.108. The molecule has 0 radical (unpaired) electrons. The first-order valence-electron chi connectivity index (χ1n) is 7.89. The average Bonchev–Trinajstić information content (AvgIpc) is 3.07. The van der Waals surface area contributed by atoms with Gasteiger partial charge in [-0.25, -0.2) is 5.01 Å². The molecule has 0 saturated carbocycles. The summed E-state index contributed by atoms with van der Waals surface area (Å²) in [6.45, 7) is 1.77. The molecule has 0 bridgehead atoms. The topological polar surface area (TPSA) is 71.0 Å². The third kappa shape index (κ3) is 5.49. The molecule has 0 unspecified atom stereocenters. The van der Waals surface area contributed by atoms with Crippen molar-refractivity contribution in [1.29, 1.82) is 0 Å². The Hall–Kier alpha value is -2.21. The van der Waals surface area contributed by atoms with Crippen LogP contribution in [0.3, 0.4) is 0 Å². The van der Waals surface area contributed by atoms with Crippen molar-refractivity contribution in [3.63, 3.8) is 0 Å². The van der Waals surface area contributed by atoms with Gasteiger partial charge < -0.3 is 10.1 Å². The van der Waals surface area contributed by atoms with Crippen LogP contribution in [0.1, 0.15) is 31.2 Å². The van der Waals surface area contributed by atoms with E-state index < -0.39 is 0 Å². The van der Waals surface area contributed by atoms with Crippen LogP contribution in [-0.4, -0.2) is 49.3 Å². The lowest BCUT2D eigenvalue weighted by Crippen LogP contribution is -2.28. The third-order valence-corrected chi connectivity index (χ3v) is 3.61. The van der Waals surface area contributed by atoms with Crippen LogP contribution in [0.5, 0.6) is 0 Å². The van der Waals surface area contributed by atoms with Gasteiger partial charge in [-0.15, -0.1) is 0 Å². The van der Waals surface area contributed by atoms with Crippen LogP contribution in [0.4, 0.5) is 0 Å². The fourth-order valence-corrected chi connectivity index (χ4v) is 2.35. The van der Waals surface area contributed by atoms with Crippen LogP contribution in [0.15, 0.2) is 35.4 Å². The van der Waals surface area contributed by atoms with Gasteiger partial charge in [-0.05, 0) is 12.0 Å². The lowest BCUT2D eigenvalue weighted by Gasteiger charge is -2.11. The molecule has 0 aliphatic carbocycles. The van der Waals surface area contributed by atoms with E-state index in [0.717, 1.165) is 24.1 Å². The summed E-state index contributed by atoms with van der Waals surface area (Å²) in [5.74, 6) is -0.219. The first-order chi connectivity index (χ1) is 11.2. The first kappa shape index (κ1) is 17.1. The van der Waals surface area contributed by atoms with Gasteiger partial charge in [0.05, 0.1) is 12.3 Å². The smallest absolute Gasteiger partial charge is 0.243 e. The van der Waals surface area contributed by atoms with Crippen molar-refractivity contribution in [1.82, 2.24) is 10.3 Å². The van der Waals surface area contributed by atoms with E-state index in [1.165, 1.54) is 5.01 Å². The van der Waals surface area contributed by atoms with Crippen molar-refractivity contribution in [2.75, 3.05) is 26.8 Å². The molecular formula is C17H23N3O3. The van der Waals surface area contributed by atoms with Crippen LogP contribution in [0.2, 0.25) is 0 Å². The fourth-order valence-electron chi connectivity index (χ4n) is 2.35. The van der Waals surface area contributed by atoms with Gasteiger partial charge in [-0.3, -0.25) is 9.59 Å². The summed E-state index contributed by atoms with van der Waals surface area (Å²) >= 11 is 0. The summed E-state index contributed by atoms with van der Waals surface area (Å²) in [6.07, 6.45) is 1.90. The number of hydrogen-bond acceptors (Lipinski definition) is 4. The summed E-state index contributed by atoms with van der Waals surface area (Å²) in [4.78, 5) is 23.8. The number of amides is 2. The molecule has 0 aromatic heterocycles. The first-order valence-corrected chi connectivity index (χ1v) is 7.89. The highest BCUT2D eigenvalue weighted by atomic mass is 16.5.